The number of carbonyl (C=O) groups excluding carboxylic acids is 1. The van der Waals surface area contributed by atoms with E-state index in [2.05, 4.69) is 5.32 Å². The molecule has 3 rings (SSSR count). The molecule has 0 aliphatic heterocycles. The summed E-state index contributed by atoms with van der Waals surface area (Å²) in [5.74, 6) is 0.711. The smallest absolute Gasteiger partial charge is 0.251 e. The predicted octanol–water partition coefficient (Wildman–Crippen LogP) is 4.30. The molecule has 0 saturated heterocycles. The fraction of sp³-hybridized carbons (Fsp3) is 0.182. The first-order chi connectivity index (χ1) is 12.6. The van der Waals surface area contributed by atoms with Crippen LogP contribution in [0.2, 0.25) is 0 Å². The molecule has 4 nitrogen and oxygen atoms in total. The normalized spacial score (nSPS) is 10.4. The lowest BCUT2D eigenvalue weighted by atomic mass is 10.0. The van der Waals surface area contributed by atoms with Gasteiger partial charge in [0.25, 0.3) is 5.91 Å². The van der Waals surface area contributed by atoms with Gasteiger partial charge in [-0.3, -0.25) is 9.78 Å². The highest BCUT2D eigenvalue weighted by molar-refractivity contribution is 5.94. The van der Waals surface area contributed by atoms with Crippen LogP contribution in [0, 0.1) is 13.8 Å². The minimum atomic E-state index is -0.0914. The second-order valence-electron chi connectivity index (χ2n) is 6.18. The van der Waals surface area contributed by atoms with Crippen molar-refractivity contribution in [3.63, 3.8) is 0 Å². The maximum absolute atomic E-state index is 12.4. The first-order valence-corrected chi connectivity index (χ1v) is 8.53. The molecule has 3 aromatic rings. The van der Waals surface area contributed by atoms with Gasteiger partial charge in [-0.15, -0.1) is 0 Å². The molecule has 1 aromatic heterocycles. The number of ether oxygens (including phenoxy) is 1. The van der Waals surface area contributed by atoms with Crippen LogP contribution in [0.15, 0.2) is 60.7 Å². The molecule has 0 fully saturated rings. The number of methoxy groups -OCH3 is 1. The zero-order valence-corrected chi connectivity index (χ0v) is 15.2. The average molecular weight is 346 g/mol. The lowest BCUT2D eigenvalue weighted by Crippen LogP contribution is -2.23. The van der Waals surface area contributed by atoms with Crippen LogP contribution in [0.25, 0.3) is 11.3 Å². The Bertz CT molecular complexity index is 903. The number of aryl methyl sites for hydroxylation is 2. The standard InChI is InChI=1S/C22H22N2O2/c1-15-13-16(2)24-21(17-9-11-19(26-3)12-10-17)20(15)14-23-22(25)18-7-5-4-6-8-18/h4-13H,14H2,1-3H3,(H,23,25). The monoisotopic (exact) mass is 346 g/mol. The summed E-state index contributed by atoms with van der Waals surface area (Å²) in [6.07, 6.45) is 0. The van der Waals surface area contributed by atoms with E-state index in [1.807, 2.05) is 62.4 Å². The van der Waals surface area contributed by atoms with Gasteiger partial charge in [0.05, 0.1) is 12.8 Å². The van der Waals surface area contributed by atoms with Gasteiger partial charge in [0.1, 0.15) is 5.75 Å². The lowest BCUT2D eigenvalue weighted by Gasteiger charge is -2.15. The second kappa shape index (κ2) is 7.83. The topological polar surface area (TPSA) is 51.2 Å². The van der Waals surface area contributed by atoms with Gasteiger partial charge in [0, 0.05) is 28.9 Å². The third kappa shape index (κ3) is 3.91. The van der Waals surface area contributed by atoms with Crippen LogP contribution in [0.1, 0.15) is 27.2 Å². The molecule has 132 valence electrons. The van der Waals surface area contributed by atoms with Crippen LogP contribution < -0.4 is 10.1 Å². The molecule has 0 radical (unpaired) electrons. The molecule has 4 heteroatoms. The third-order valence-corrected chi connectivity index (χ3v) is 4.30. The van der Waals surface area contributed by atoms with Crippen molar-refractivity contribution in [2.24, 2.45) is 0 Å². The van der Waals surface area contributed by atoms with E-state index >= 15 is 0 Å². The fourth-order valence-corrected chi connectivity index (χ4v) is 2.93. The van der Waals surface area contributed by atoms with Gasteiger partial charge < -0.3 is 10.1 Å². The molecule has 0 spiro atoms. The highest BCUT2D eigenvalue weighted by Crippen LogP contribution is 2.27. The molecule has 0 unspecified atom stereocenters. The molecule has 0 aliphatic carbocycles. The van der Waals surface area contributed by atoms with E-state index < -0.39 is 0 Å². The summed E-state index contributed by atoms with van der Waals surface area (Å²) in [6.45, 7) is 4.45. The summed E-state index contributed by atoms with van der Waals surface area (Å²) < 4.78 is 5.23. The summed E-state index contributed by atoms with van der Waals surface area (Å²) in [5.41, 5.74) is 5.62. The third-order valence-electron chi connectivity index (χ3n) is 4.30. The van der Waals surface area contributed by atoms with Crippen LogP contribution in [-0.2, 0) is 6.54 Å². The van der Waals surface area contributed by atoms with Crippen LogP contribution in [0.4, 0.5) is 0 Å². The van der Waals surface area contributed by atoms with E-state index in [0.29, 0.717) is 12.1 Å². The van der Waals surface area contributed by atoms with E-state index in [4.69, 9.17) is 9.72 Å². The quantitative estimate of drug-likeness (QED) is 0.749. The van der Waals surface area contributed by atoms with Crippen molar-refractivity contribution in [3.8, 4) is 17.0 Å². The lowest BCUT2D eigenvalue weighted by molar-refractivity contribution is 0.0951. The Labute approximate surface area is 153 Å². The molecular formula is C22H22N2O2. The second-order valence-corrected chi connectivity index (χ2v) is 6.18. The number of rotatable bonds is 5. The summed E-state index contributed by atoms with van der Waals surface area (Å²) >= 11 is 0. The maximum atomic E-state index is 12.4. The number of nitrogens with zero attached hydrogens (tertiary/aromatic N) is 1. The molecule has 1 amide bonds. The largest absolute Gasteiger partial charge is 0.497 e. The summed E-state index contributed by atoms with van der Waals surface area (Å²) in [4.78, 5) is 17.1. The summed E-state index contributed by atoms with van der Waals surface area (Å²) in [5, 5.41) is 3.00. The Kier molecular flexibility index (Phi) is 5.32. The average Bonchev–Trinajstić information content (AvgIpc) is 2.67. The fourth-order valence-electron chi connectivity index (χ4n) is 2.93. The molecule has 0 saturated carbocycles. The van der Waals surface area contributed by atoms with Gasteiger partial charge in [-0.1, -0.05) is 18.2 Å². The first kappa shape index (κ1) is 17.7. The SMILES string of the molecule is COc1ccc(-c2nc(C)cc(C)c2CNC(=O)c2ccccc2)cc1. The van der Waals surface area contributed by atoms with Crippen molar-refractivity contribution in [3.05, 3.63) is 83.0 Å². The Morgan fingerprint density at radius 3 is 2.38 bits per heavy atom. The van der Waals surface area contributed by atoms with Gasteiger partial charge in [-0.2, -0.15) is 0 Å². The number of hydrogen-bond acceptors (Lipinski definition) is 3. The van der Waals surface area contributed by atoms with Crippen LogP contribution >= 0.6 is 0 Å². The van der Waals surface area contributed by atoms with Gasteiger partial charge in [-0.05, 0) is 61.9 Å². The van der Waals surface area contributed by atoms with E-state index in [9.17, 15) is 4.79 Å². The van der Waals surface area contributed by atoms with Crippen LogP contribution in [0.3, 0.4) is 0 Å². The van der Waals surface area contributed by atoms with Crippen molar-refractivity contribution in [1.82, 2.24) is 10.3 Å². The number of pyridine rings is 1. The van der Waals surface area contributed by atoms with Crippen molar-refractivity contribution < 1.29 is 9.53 Å². The zero-order chi connectivity index (χ0) is 18.5. The van der Waals surface area contributed by atoms with Crippen molar-refractivity contribution >= 4 is 5.91 Å². The van der Waals surface area contributed by atoms with E-state index in [0.717, 1.165) is 33.8 Å². The highest BCUT2D eigenvalue weighted by Gasteiger charge is 2.13. The van der Waals surface area contributed by atoms with E-state index in [1.54, 1.807) is 19.2 Å². The Hall–Kier alpha value is -3.14. The Balaban J connectivity index is 1.89. The summed E-state index contributed by atoms with van der Waals surface area (Å²) in [6, 6.07) is 19.1. The maximum Gasteiger partial charge on any atom is 0.251 e. The summed E-state index contributed by atoms with van der Waals surface area (Å²) in [7, 11) is 1.65. The van der Waals surface area contributed by atoms with Gasteiger partial charge in [0.15, 0.2) is 0 Å². The predicted molar refractivity (Wildman–Crippen MR) is 103 cm³/mol. The highest BCUT2D eigenvalue weighted by atomic mass is 16.5. The molecule has 1 heterocycles. The number of aromatic nitrogens is 1. The van der Waals surface area contributed by atoms with E-state index in [-0.39, 0.29) is 5.91 Å². The number of carbonyl (C=O) groups is 1. The zero-order valence-electron chi connectivity index (χ0n) is 15.2. The minimum absolute atomic E-state index is 0.0914. The molecule has 2 aromatic carbocycles. The van der Waals surface area contributed by atoms with Gasteiger partial charge in [-0.25, -0.2) is 0 Å². The number of benzene rings is 2. The molecular weight excluding hydrogens is 324 g/mol. The van der Waals surface area contributed by atoms with Crippen molar-refractivity contribution in [2.45, 2.75) is 20.4 Å². The molecule has 1 N–H and O–H groups in total. The molecule has 0 atom stereocenters. The van der Waals surface area contributed by atoms with Gasteiger partial charge in [0.2, 0.25) is 0 Å². The minimum Gasteiger partial charge on any atom is -0.497 e. The molecule has 26 heavy (non-hydrogen) atoms. The van der Waals surface area contributed by atoms with Crippen LogP contribution in [-0.4, -0.2) is 18.0 Å². The first-order valence-electron chi connectivity index (χ1n) is 8.53. The van der Waals surface area contributed by atoms with Crippen LogP contribution in [0.5, 0.6) is 5.75 Å². The van der Waals surface area contributed by atoms with Gasteiger partial charge >= 0.3 is 0 Å². The van der Waals surface area contributed by atoms with E-state index in [1.165, 1.54) is 0 Å². The number of amides is 1. The number of nitrogens with one attached hydrogen (secondary N) is 1. The van der Waals surface area contributed by atoms with Crippen molar-refractivity contribution in [2.75, 3.05) is 7.11 Å². The molecule has 0 aliphatic rings. The van der Waals surface area contributed by atoms with Crippen molar-refractivity contribution in [1.29, 1.82) is 0 Å². The molecule has 0 bridgehead atoms. The Morgan fingerprint density at radius 2 is 1.73 bits per heavy atom. The Morgan fingerprint density at radius 1 is 1.04 bits per heavy atom. The number of hydrogen-bond donors (Lipinski definition) is 1.